The van der Waals surface area contributed by atoms with Crippen molar-refractivity contribution in [1.29, 1.82) is 0 Å². The van der Waals surface area contributed by atoms with Crippen LogP contribution in [0.2, 0.25) is 5.02 Å². The lowest BCUT2D eigenvalue weighted by molar-refractivity contribution is -0.150. The summed E-state index contributed by atoms with van der Waals surface area (Å²) in [6, 6.07) is 9.72. The quantitative estimate of drug-likeness (QED) is 0.786. The Balaban J connectivity index is 1.67. The van der Waals surface area contributed by atoms with Crippen LogP contribution in [0.25, 0.3) is 0 Å². The van der Waals surface area contributed by atoms with Crippen LogP contribution in [0.5, 0.6) is 5.75 Å². The summed E-state index contributed by atoms with van der Waals surface area (Å²) in [6.07, 6.45) is 1.52. The van der Waals surface area contributed by atoms with Gasteiger partial charge in [0.15, 0.2) is 13.2 Å². The highest BCUT2D eigenvalue weighted by Gasteiger charge is 2.13. The minimum atomic E-state index is -0.638. The average molecular weight is 338 g/mol. The molecule has 122 valence electrons. The van der Waals surface area contributed by atoms with Gasteiger partial charge in [0.2, 0.25) is 0 Å². The third-order valence-corrected chi connectivity index (χ3v) is 3.13. The summed E-state index contributed by atoms with van der Waals surface area (Å²) in [5, 5.41) is 3.22. The zero-order chi connectivity index (χ0) is 16.7. The topological polar surface area (TPSA) is 77.8 Å². The van der Waals surface area contributed by atoms with Crippen molar-refractivity contribution in [2.75, 3.05) is 13.2 Å². The Hall–Kier alpha value is -2.47. The molecule has 0 saturated heterocycles. The van der Waals surface area contributed by atoms with Crippen LogP contribution in [-0.4, -0.2) is 25.1 Å². The minimum Gasteiger partial charge on any atom is -0.482 e. The van der Waals surface area contributed by atoms with Crippen LogP contribution < -0.4 is 10.1 Å². The van der Waals surface area contributed by atoms with Crippen molar-refractivity contribution in [3.63, 3.8) is 0 Å². The number of carbonyl (C=O) groups is 2. The minimum absolute atomic E-state index is 0.289. The molecule has 0 bridgehead atoms. The summed E-state index contributed by atoms with van der Waals surface area (Å²) in [5.74, 6) is 0.0486. The number of furan rings is 1. The lowest BCUT2D eigenvalue weighted by atomic mass is 10.2. The predicted molar refractivity (Wildman–Crippen MR) is 83.2 cm³/mol. The molecule has 1 aromatic carbocycles. The van der Waals surface area contributed by atoms with Crippen molar-refractivity contribution in [2.24, 2.45) is 0 Å². The Bertz CT molecular complexity index is 639. The van der Waals surface area contributed by atoms with Gasteiger partial charge in [0.1, 0.15) is 11.5 Å². The number of amides is 1. The smallest absolute Gasteiger partial charge is 0.344 e. The molecule has 1 atom stereocenters. The Kier molecular flexibility index (Phi) is 6.05. The monoisotopic (exact) mass is 337 g/mol. The summed E-state index contributed by atoms with van der Waals surface area (Å²) in [5.41, 5.74) is 0. The van der Waals surface area contributed by atoms with Crippen LogP contribution in [0.4, 0.5) is 0 Å². The molecule has 2 rings (SSSR count). The summed E-state index contributed by atoms with van der Waals surface area (Å²) < 4.78 is 15.2. The van der Waals surface area contributed by atoms with Gasteiger partial charge in [0.25, 0.3) is 5.91 Å². The van der Waals surface area contributed by atoms with Gasteiger partial charge < -0.3 is 19.2 Å². The second-order valence-corrected chi connectivity index (χ2v) is 5.14. The SMILES string of the molecule is C[C@H](NC(=O)COC(=O)COc1ccc(Cl)cc1)c1ccco1. The van der Waals surface area contributed by atoms with E-state index < -0.39 is 11.9 Å². The molecule has 1 aromatic heterocycles. The number of rotatable bonds is 7. The third kappa shape index (κ3) is 5.67. The predicted octanol–water partition coefficient (Wildman–Crippen LogP) is 2.73. The zero-order valence-electron chi connectivity index (χ0n) is 12.5. The van der Waals surface area contributed by atoms with Gasteiger partial charge in [-0.25, -0.2) is 4.79 Å². The first-order chi connectivity index (χ1) is 11.0. The first-order valence-electron chi connectivity index (χ1n) is 6.91. The van der Waals surface area contributed by atoms with Crippen molar-refractivity contribution < 1.29 is 23.5 Å². The normalized spacial score (nSPS) is 11.6. The van der Waals surface area contributed by atoms with Gasteiger partial charge in [0, 0.05) is 5.02 Å². The van der Waals surface area contributed by atoms with E-state index in [1.54, 1.807) is 43.3 Å². The highest BCUT2D eigenvalue weighted by molar-refractivity contribution is 6.30. The number of nitrogens with one attached hydrogen (secondary N) is 1. The second-order valence-electron chi connectivity index (χ2n) is 4.71. The van der Waals surface area contributed by atoms with E-state index in [2.05, 4.69) is 5.32 Å². The molecule has 0 saturated carbocycles. The standard InChI is InChI=1S/C16H16ClNO5/c1-11(14-3-2-8-21-14)18-15(19)9-23-16(20)10-22-13-6-4-12(17)5-7-13/h2-8,11H,9-10H2,1H3,(H,18,19)/t11-/m0/s1. The molecule has 1 heterocycles. The third-order valence-electron chi connectivity index (χ3n) is 2.88. The molecule has 7 heteroatoms. The first-order valence-corrected chi connectivity index (χ1v) is 7.29. The van der Waals surface area contributed by atoms with Gasteiger partial charge >= 0.3 is 5.97 Å². The number of carbonyl (C=O) groups excluding carboxylic acids is 2. The van der Waals surface area contributed by atoms with Gasteiger partial charge in [-0.2, -0.15) is 0 Å². The molecular formula is C16H16ClNO5. The molecule has 0 aliphatic heterocycles. The number of benzene rings is 1. The van der Waals surface area contributed by atoms with Crippen LogP contribution >= 0.6 is 11.6 Å². The molecule has 0 fully saturated rings. The Labute approximate surface area is 138 Å². The van der Waals surface area contributed by atoms with E-state index in [1.807, 2.05) is 0 Å². The number of ether oxygens (including phenoxy) is 2. The van der Waals surface area contributed by atoms with Crippen LogP contribution in [0, 0.1) is 0 Å². The van der Waals surface area contributed by atoms with Crippen molar-refractivity contribution in [1.82, 2.24) is 5.32 Å². The number of esters is 1. The molecule has 23 heavy (non-hydrogen) atoms. The molecular weight excluding hydrogens is 322 g/mol. The summed E-state index contributed by atoms with van der Waals surface area (Å²) in [4.78, 5) is 23.2. The highest BCUT2D eigenvalue weighted by atomic mass is 35.5. The van der Waals surface area contributed by atoms with Crippen molar-refractivity contribution in [3.8, 4) is 5.75 Å². The summed E-state index contributed by atoms with van der Waals surface area (Å²) in [6.45, 7) is 1.10. The van der Waals surface area contributed by atoms with Crippen LogP contribution in [0.15, 0.2) is 47.1 Å². The van der Waals surface area contributed by atoms with E-state index in [9.17, 15) is 9.59 Å². The fourth-order valence-electron chi connectivity index (χ4n) is 1.75. The number of hydrogen-bond donors (Lipinski definition) is 1. The zero-order valence-corrected chi connectivity index (χ0v) is 13.2. The number of halogens is 1. The van der Waals surface area contributed by atoms with Gasteiger partial charge in [-0.05, 0) is 43.3 Å². The van der Waals surface area contributed by atoms with Gasteiger partial charge in [-0.1, -0.05) is 11.6 Å². The maximum absolute atomic E-state index is 11.7. The average Bonchev–Trinajstić information content (AvgIpc) is 3.07. The van der Waals surface area contributed by atoms with Crippen molar-refractivity contribution >= 4 is 23.5 Å². The van der Waals surface area contributed by atoms with Gasteiger partial charge in [-0.15, -0.1) is 0 Å². The Morgan fingerprint density at radius 3 is 2.61 bits per heavy atom. The molecule has 0 spiro atoms. The maximum Gasteiger partial charge on any atom is 0.344 e. The van der Waals surface area contributed by atoms with E-state index in [-0.39, 0.29) is 19.3 Å². The Morgan fingerprint density at radius 2 is 1.96 bits per heavy atom. The lowest BCUT2D eigenvalue weighted by Gasteiger charge is -2.11. The molecule has 0 radical (unpaired) electrons. The fourth-order valence-corrected chi connectivity index (χ4v) is 1.88. The van der Waals surface area contributed by atoms with E-state index in [1.165, 1.54) is 6.26 Å². The molecule has 1 N–H and O–H groups in total. The molecule has 0 aliphatic carbocycles. The van der Waals surface area contributed by atoms with Crippen LogP contribution in [0.1, 0.15) is 18.7 Å². The van der Waals surface area contributed by atoms with E-state index >= 15 is 0 Å². The van der Waals surface area contributed by atoms with Gasteiger partial charge in [0.05, 0.1) is 12.3 Å². The van der Waals surface area contributed by atoms with Crippen molar-refractivity contribution in [2.45, 2.75) is 13.0 Å². The van der Waals surface area contributed by atoms with E-state index in [0.29, 0.717) is 16.5 Å². The molecule has 2 aromatic rings. The van der Waals surface area contributed by atoms with Crippen molar-refractivity contribution in [3.05, 3.63) is 53.4 Å². The first kappa shape index (κ1) is 16.9. The molecule has 6 nitrogen and oxygen atoms in total. The highest BCUT2D eigenvalue weighted by Crippen LogP contribution is 2.15. The largest absolute Gasteiger partial charge is 0.482 e. The summed E-state index contributed by atoms with van der Waals surface area (Å²) >= 11 is 5.74. The second kappa shape index (κ2) is 8.24. The van der Waals surface area contributed by atoms with Crippen LogP contribution in [0.3, 0.4) is 0 Å². The number of hydrogen-bond acceptors (Lipinski definition) is 5. The molecule has 1 amide bonds. The van der Waals surface area contributed by atoms with Crippen LogP contribution in [-0.2, 0) is 14.3 Å². The maximum atomic E-state index is 11.7. The summed E-state index contributed by atoms with van der Waals surface area (Å²) in [7, 11) is 0. The van der Waals surface area contributed by atoms with E-state index in [0.717, 1.165) is 0 Å². The van der Waals surface area contributed by atoms with E-state index in [4.69, 9.17) is 25.5 Å². The molecule has 0 unspecified atom stereocenters. The lowest BCUT2D eigenvalue weighted by Crippen LogP contribution is -2.31. The molecule has 0 aliphatic rings. The van der Waals surface area contributed by atoms with Gasteiger partial charge in [-0.3, -0.25) is 4.79 Å². The fraction of sp³-hybridized carbons (Fsp3) is 0.250. The Morgan fingerprint density at radius 1 is 1.22 bits per heavy atom.